The van der Waals surface area contributed by atoms with Gasteiger partial charge in [0.05, 0.1) is 12.1 Å². The molecule has 2 aliphatic rings. The third-order valence-electron chi connectivity index (χ3n) is 2.94. The van der Waals surface area contributed by atoms with Gasteiger partial charge in [0.15, 0.2) is 0 Å². The molecule has 0 radical (unpaired) electrons. The second-order valence-corrected chi connectivity index (χ2v) is 3.75. The number of para-hydroxylation sites is 1. The van der Waals surface area contributed by atoms with Gasteiger partial charge in [0.2, 0.25) is 5.91 Å². The summed E-state index contributed by atoms with van der Waals surface area (Å²) in [6.45, 7) is 0.919. The molecule has 0 unspecified atom stereocenters. The topological polar surface area (TPSA) is 20.3 Å². The number of amides is 1. The zero-order valence-corrected chi connectivity index (χ0v) is 8.64. The van der Waals surface area contributed by atoms with E-state index in [1.54, 1.807) is 0 Å². The standard InChI is InChI=1S/C11H11NO.ClH/c13-10-7-9-4-1-3-8-5-2-6-12(10)11(8)9;/h1,3-4H,2,5-7H2;1H. The highest BCUT2D eigenvalue weighted by Crippen LogP contribution is 2.36. The molecular weight excluding hydrogens is 198 g/mol. The Morgan fingerprint density at radius 2 is 2.00 bits per heavy atom. The van der Waals surface area contributed by atoms with E-state index < -0.39 is 0 Å². The molecule has 1 amide bonds. The van der Waals surface area contributed by atoms with Crippen LogP contribution in [0.4, 0.5) is 5.69 Å². The zero-order valence-electron chi connectivity index (χ0n) is 7.82. The van der Waals surface area contributed by atoms with Crippen molar-refractivity contribution in [1.29, 1.82) is 0 Å². The van der Waals surface area contributed by atoms with Crippen LogP contribution < -0.4 is 4.90 Å². The molecule has 0 bridgehead atoms. The summed E-state index contributed by atoms with van der Waals surface area (Å²) in [4.78, 5) is 13.5. The van der Waals surface area contributed by atoms with Crippen molar-refractivity contribution in [3.63, 3.8) is 0 Å². The molecule has 1 aromatic carbocycles. The lowest BCUT2D eigenvalue weighted by atomic mass is 10.0. The smallest absolute Gasteiger partial charge is 0.231 e. The number of carbonyl (C=O) groups excluding carboxylic acids is 1. The molecular formula is C11H12ClNO. The number of rotatable bonds is 0. The van der Waals surface area contributed by atoms with Crippen LogP contribution in [0.1, 0.15) is 17.5 Å². The van der Waals surface area contributed by atoms with E-state index >= 15 is 0 Å². The van der Waals surface area contributed by atoms with Crippen LogP contribution in [0.15, 0.2) is 18.2 Å². The maximum Gasteiger partial charge on any atom is 0.231 e. The lowest BCUT2D eigenvalue weighted by molar-refractivity contribution is -0.117. The maximum atomic E-state index is 11.6. The van der Waals surface area contributed by atoms with E-state index in [0.29, 0.717) is 6.42 Å². The van der Waals surface area contributed by atoms with Crippen LogP contribution in [0.2, 0.25) is 0 Å². The monoisotopic (exact) mass is 209 g/mol. The lowest BCUT2D eigenvalue weighted by Crippen LogP contribution is -2.31. The molecule has 2 nitrogen and oxygen atoms in total. The number of hydrogen-bond acceptors (Lipinski definition) is 1. The Balaban J connectivity index is 0.000000750. The number of aryl methyl sites for hydroxylation is 1. The van der Waals surface area contributed by atoms with Crippen LogP contribution in [0.5, 0.6) is 0 Å². The molecule has 2 aliphatic heterocycles. The zero-order chi connectivity index (χ0) is 8.84. The van der Waals surface area contributed by atoms with Gasteiger partial charge < -0.3 is 4.90 Å². The summed E-state index contributed by atoms with van der Waals surface area (Å²) in [5.74, 6) is 0.280. The van der Waals surface area contributed by atoms with E-state index in [-0.39, 0.29) is 18.3 Å². The predicted octanol–water partition coefficient (Wildman–Crippen LogP) is 1.94. The second kappa shape index (κ2) is 3.28. The van der Waals surface area contributed by atoms with Crippen molar-refractivity contribution >= 4 is 24.0 Å². The van der Waals surface area contributed by atoms with Crippen LogP contribution in [0.3, 0.4) is 0 Å². The van der Waals surface area contributed by atoms with Gasteiger partial charge in [-0.3, -0.25) is 4.79 Å². The quantitative estimate of drug-likeness (QED) is 0.640. The van der Waals surface area contributed by atoms with Crippen molar-refractivity contribution in [3.05, 3.63) is 29.3 Å². The van der Waals surface area contributed by atoms with E-state index in [4.69, 9.17) is 0 Å². The van der Waals surface area contributed by atoms with E-state index in [1.165, 1.54) is 16.8 Å². The highest BCUT2D eigenvalue weighted by atomic mass is 35.5. The summed E-state index contributed by atoms with van der Waals surface area (Å²) < 4.78 is 0. The molecule has 0 saturated carbocycles. The molecule has 0 aromatic heterocycles. The third kappa shape index (κ3) is 1.14. The fourth-order valence-electron chi connectivity index (χ4n) is 2.38. The van der Waals surface area contributed by atoms with Gasteiger partial charge in [-0.2, -0.15) is 0 Å². The van der Waals surface area contributed by atoms with Crippen molar-refractivity contribution in [2.24, 2.45) is 0 Å². The van der Waals surface area contributed by atoms with Crippen molar-refractivity contribution in [1.82, 2.24) is 0 Å². The van der Waals surface area contributed by atoms with Crippen molar-refractivity contribution < 1.29 is 4.79 Å². The van der Waals surface area contributed by atoms with Crippen molar-refractivity contribution in [2.45, 2.75) is 19.3 Å². The average Bonchev–Trinajstić information content (AvgIpc) is 2.47. The number of benzene rings is 1. The first-order valence-electron chi connectivity index (χ1n) is 4.77. The number of halogens is 1. The Kier molecular flexibility index (Phi) is 2.23. The summed E-state index contributed by atoms with van der Waals surface area (Å²) in [6.07, 6.45) is 2.86. The van der Waals surface area contributed by atoms with Gasteiger partial charge in [-0.15, -0.1) is 12.4 Å². The highest BCUT2D eigenvalue weighted by molar-refractivity contribution is 6.02. The maximum absolute atomic E-state index is 11.6. The van der Waals surface area contributed by atoms with Gasteiger partial charge in [0, 0.05) is 6.54 Å². The average molecular weight is 210 g/mol. The summed E-state index contributed by atoms with van der Waals surface area (Å²) in [6, 6.07) is 6.28. The molecule has 0 fully saturated rings. The molecule has 3 heteroatoms. The van der Waals surface area contributed by atoms with E-state index in [2.05, 4.69) is 18.2 Å². The molecule has 3 rings (SSSR count). The number of nitrogens with zero attached hydrogens (tertiary/aromatic N) is 1. The number of hydrogen-bond donors (Lipinski definition) is 0. The molecule has 0 atom stereocenters. The predicted molar refractivity (Wildman–Crippen MR) is 58.1 cm³/mol. The van der Waals surface area contributed by atoms with Crippen molar-refractivity contribution in [2.75, 3.05) is 11.4 Å². The van der Waals surface area contributed by atoms with Crippen LogP contribution in [-0.2, 0) is 17.6 Å². The van der Waals surface area contributed by atoms with Crippen LogP contribution in [-0.4, -0.2) is 12.5 Å². The van der Waals surface area contributed by atoms with Gasteiger partial charge >= 0.3 is 0 Å². The molecule has 0 saturated heterocycles. The van der Waals surface area contributed by atoms with Gasteiger partial charge in [0.25, 0.3) is 0 Å². The minimum atomic E-state index is 0. The third-order valence-corrected chi connectivity index (χ3v) is 2.94. The Bertz CT molecular complexity index is 389. The molecule has 14 heavy (non-hydrogen) atoms. The van der Waals surface area contributed by atoms with E-state index in [1.807, 2.05) is 4.90 Å². The first kappa shape index (κ1) is 9.53. The van der Waals surface area contributed by atoms with Gasteiger partial charge in [-0.05, 0) is 24.0 Å². The van der Waals surface area contributed by atoms with Crippen LogP contribution in [0, 0.1) is 0 Å². The molecule has 0 N–H and O–H groups in total. The second-order valence-electron chi connectivity index (χ2n) is 3.75. The number of anilines is 1. The number of carbonyl (C=O) groups is 1. The summed E-state index contributed by atoms with van der Waals surface area (Å²) in [5.41, 5.74) is 3.80. The SMILES string of the molecule is Cl.O=C1Cc2cccc3c2N1CCC3. The highest BCUT2D eigenvalue weighted by Gasteiger charge is 2.31. The fourth-order valence-corrected chi connectivity index (χ4v) is 2.38. The van der Waals surface area contributed by atoms with E-state index in [0.717, 1.165) is 19.4 Å². The molecule has 1 aromatic rings. The van der Waals surface area contributed by atoms with Gasteiger partial charge in [0.1, 0.15) is 0 Å². The first-order chi connectivity index (χ1) is 6.36. The summed E-state index contributed by atoms with van der Waals surface area (Å²) in [5, 5.41) is 0. The molecule has 74 valence electrons. The fraction of sp³-hybridized carbons (Fsp3) is 0.364. The minimum absolute atomic E-state index is 0. The van der Waals surface area contributed by atoms with Crippen LogP contribution in [0.25, 0.3) is 0 Å². The van der Waals surface area contributed by atoms with Crippen molar-refractivity contribution in [3.8, 4) is 0 Å². The Labute approximate surface area is 89.3 Å². The van der Waals surface area contributed by atoms with Crippen LogP contribution >= 0.6 is 12.4 Å². The summed E-state index contributed by atoms with van der Waals surface area (Å²) in [7, 11) is 0. The Morgan fingerprint density at radius 1 is 1.21 bits per heavy atom. The molecule has 0 aliphatic carbocycles. The normalized spacial score (nSPS) is 17.7. The first-order valence-corrected chi connectivity index (χ1v) is 4.77. The molecule has 2 heterocycles. The minimum Gasteiger partial charge on any atom is -0.312 e. The van der Waals surface area contributed by atoms with Gasteiger partial charge in [-0.25, -0.2) is 0 Å². The summed E-state index contributed by atoms with van der Waals surface area (Å²) >= 11 is 0. The Hall–Kier alpha value is -1.02. The Morgan fingerprint density at radius 3 is 2.86 bits per heavy atom. The largest absolute Gasteiger partial charge is 0.312 e. The lowest BCUT2D eigenvalue weighted by Gasteiger charge is -2.25. The van der Waals surface area contributed by atoms with E-state index in [9.17, 15) is 4.79 Å². The van der Waals surface area contributed by atoms with Gasteiger partial charge in [-0.1, -0.05) is 18.2 Å². The molecule has 0 spiro atoms.